The Morgan fingerprint density at radius 3 is 2.56 bits per heavy atom. The van der Waals surface area contributed by atoms with Gasteiger partial charge in [0.2, 0.25) is 0 Å². The Labute approximate surface area is 158 Å². The molecule has 2 N–H and O–H groups in total. The Morgan fingerprint density at radius 1 is 1.22 bits per heavy atom. The summed E-state index contributed by atoms with van der Waals surface area (Å²) in [5.41, 5.74) is 1.16. The number of nitrogens with one attached hydrogen (secondary N) is 1. The van der Waals surface area contributed by atoms with Crippen LogP contribution in [0.5, 0.6) is 0 Å². The number of aromatic nitrogens is 2. The number of carbonyl (C=O) groups is 1. The summed E-state index contributed by atoms with van der Waals surface area (Å²) in [6.45, 7) is 5.28. The molecule has 0 aliphatic carbocycles. The molecular weight excluding hydrogens is 347 g/mol. The zero-order chi connectivity index (χ0) is 19.4. The van der Waals surface area contributed by atoms with Crippen molar-refractivity contribution in [2.75, 3.05) is 13.1 Å². The zero-order valence-electron chi connectivity index (χ0n) is 15.7. The molecule has 1 saturated heterocycles. The second-order valence-electron chi connectivity index (χ2n) is 7.16. The highest BCUT2D eigenvalue weighted by molar-refractivity contribution is 5.86. The van der Waals surface area contributed by atoms with Crippen LogP contribution in [0.3, 0.4) is 0 Å². The normalized spacial score (nSPS) is 20.1. The first-order valence-electron chi connectivity index (χ1n) is 9.14. The highest BCUT2D eigenvalue weighted by Crippen LogP contribution is 2.24. The number of aryl methyl sites for hydroxylation is 2. The van der Waals surface area contributed by atoms with Gasteiger partial charge >= 0.3 is 0 Å². The maximum Gasteiger partial charge on any atom is 0.256 e. The van der Waals surface area contributed by atoms with Crippen molar-refractivity contribution in [2.45, 2.75) is 45.4 Å². The quantitative estimate of drug-likeness (QED) is 0.810. The number of rotatable bonds is 6. The lowest BCUT2D eigenvalue weighted by Crippen LogP contribution is -2.57. The number of halogens is 1. The van der Waals surface area contributed by atoms with Crippen LogP contribution in [0.15, 0.2) is 30.3 Å². The van der Waals surface area contributed by atoms with E-state index in [1.54, 1.807) is 17.0 Å². The lowest BCUT2D eigenvalue weighted by molar-refractivity contribution is -0.157. The van der Waals surface area contributed by atoms with E-state index in [1.807, 2.05) is 19.9 Å². The molecule has 1 atom stereocenters. The van der Waals surface area contributed by atoms with Crippen LogP contribution < -0.4 is 5.32 Å². The molecular formula is C20H25FN4O2. The largest absolute Gasteiger partial charge is 0.379 e. The highest BCUT2D eigenvalue weighted by Gasteiger charge is 2.41. The number of aliphatic hydroxyl groups is 1. The summed E-state index contributed by atoms with van der Waals surface area (Å²) in [4.78, 5) is 23.1. The van der Waals surface area contributed by atoms with Gasteiger partial charge in [-0.05, 0) is 50.5 Å². The van der Waals surface area contributed by atoms with Gasteiger partial charge in [-0.3, -0.25) is 4.79 Å². The van der Waals surface area contributed by atoms with E-state index in [2.05, 4.69) is 15.3 Å². The van der Waals surface area contributed by atoms with E-state index in [4.69, 9.17) is 0 Å². The van der Waals surface area contributed by atoms with Crippen molar-refractivity contribution < 1.29 is 14.3 Å². The molecule has 1 amide bonds. The van der Waals surface area contributed by atoms with Crippen molar-refractivity contribution in [3.8, 4) is 0 Å². The van der Waals surface area contributed by atoms with Crippen molar-refractivity contribution in [3.63, 3.8) is 0 Å². The molecule has 0 unspecified atom stereocenters. The van der Waals surface area contributed by atoms with E-state index in [0.717, 1.165) is 17.0 Å². The first-order valence-corrected chi connectivity index (χ1v) is 9.14. The molecule has 2 aromatic rings. The van der Waals surface area contributed by atoms with E-state index in [0.29, 0.717) is 38.3 Å². The summed E-state index contributed by atoms with van der Waals surface area (Å²) in [6, 6.07) is 7.97. The molecule has 7 heteroatoms. The third kappa shape index (κ3) is 4.87. The number of likely N-dealkylation sites (tertiary alicyclic amines) is 1. The molecule has 0 saturated carbocycles. The van der Waals surface area contributed by atoms with Gasteiger partial charge in [0.25, 0.3) is 5.91 Å². The summed E-state index contributed by atoms with van der Waals surface area (Å²) in [5, 5.41) is 14.0. The molecule has 1 aliphatic heterocycles. The fourth-order valence-corrected chi connectivity index (χ4v) is 3.45. The van der Waals surface area contributed by atoms with E-state index >= 15 is 0 Å². The molecule has 2 heterocycles. The Balaban J connectivity index is 1.60. The second-order valence-corrected chi connectivity index (χ2v) is 7.16. The van der Waals surface area contributed by atoms with Crippen LogP contribution in [0.2, 0.25) is 0 Å². The van der Waals surface area contributed by atoms with Crippen molar-refractivity contribution in [2.24, 2.45) is 0 Å². The molecule has 6 nitrogen and oxygen atoms in total. The SMILES string of the molecule is Cc1cc(C)nc(CNC[C@]2(O)CCCN(Cc3ccc(F)cc3)C2=O)n1. The summed E-state index contributed by atoms with van der Waals surface area (Å²) >= 11 is 0. The summed E-state index contributed by atoms with van der Waals surface area (Å²) < 4.78 is 13.1. The monoisotopic (exact) mass is 372 g/mol. The first kappa shape index (κ1) is 19.4. The van der Waals surface area contributed by atoms with Crippen LogP contribution in [0.25, 0.3) is 0 Å². The number of piperidine rings is 1. The van der Waals surface area contributed by atoms with E-state index in [1.165, 1.54) is 12.1 Å². The Bertz CT molecular complexity index is 792. The Morgan fingerprint density at radius 2 is 1.89 bits per heavy atom. The van der Waals surface area contributed by atoms with Crippen LogP contribution in [0.4, 0.5) is 4.39 Å². The molecule has 1 aromatic heterocycles. The van der Waals surface area contributed by atoms with Gasteiger partial charge < -0.3 is 15.3 Å². The van der Waals surface area contributed by atoms with E-state index in [9.17, 15) is 14.3 Å². The number of carbonyl (C=O) groups excluding carboxylic acids is 1. The fourth-order valence-electron chi connectivity index (χ4n) is 3.45. The minimum absolute atomic E-state index is 0.141. The standard InChI is InChI=1S/C20H25FN4O2/c1-14-10-15(2)24-18(23-14)11-22-13-20(27)8-3-9-25(19(20)26)12-16-4-6-17(21)7-5-16/h4-7,10,22,27H,3,8-9,11-13H2,1-2H3/t20-/m1/s1. The van der Waals surface area contributed by atoms with Gasteiger partial charge in [-0.25, -0.2) is 14.4 Å². The lowest BCUT2D eigenvalue weighted by atomic mass is 9.91. The number of nitrogens with zero attached hydrogens (tertiary/aromatic N) is 3. The maximum absolute atomic E-state index is 13.1. The van der Waals surface area contributed by atoms with Gasteiger partial charge in [0.05, 0.1) is 6.54 Å². The maximum atomic E-state index is 13.1. The molecule has 1 aliphatic rings. The minimum Gasteiger partial charge on any atom is -0.379 e. The van der Waals surface area contributed by atoms with Crippen LogP contribution in [0.1, 0.15) is 35.6 Å². The summed E-state index contributed by atoms with van der Waals surface area (Å²) in [7, 11) is 0. The predicted octanol–water partition coefficient (Wildman–Crippen LogP) is 1.88. The molecule has 1 aromatic carbocycles. The number of amides is 1. The Hall–Kier alpha value is -2.38. The van der Waals surface area contributed by atoms with Gasteiger partial charge in [-0.15, -0.1) is 0 Å². The van der Waals surface area contributed by atoms with Gasteiger partial charge in [-0.2, -0.15) is 0 Å². The predicted molar refractivity (Wildman–Crippen MR) is 99.2 cm³/mol. The number of hydrogen-bond donors (Lipinski definition) is 2. The molecule has 27 heavy (non-hydrogen) atoms. The van der Waals surface area contributed by atoms with Gasteiger partial charge in [0.1, 0.15) is 11.6 Å². The molecule has 1 fully saturated rings. The third-order valence-electron chi connectivity index (χ3n) is 4.72. The molecule has 144 valence electrons. The van der Waals surface area contributed by atoms with Gasteiger partial charge in [0, 0.05) is 31.0 Å². The minimum atomic E-state index is -1.45. The third-order valence-corrected chi connectivity index (χ3v) is 4.72. The Kier molecular flexibility index (Phi) is 5.82. The topological polar surface area (TPSA) is 78.4 Å². The molecule has 3 rings (SSSR count). The number of benzene rings is 1. The van der Waals surface area contributed by atoms with Crippen molar-refractivity contribution in [3.05, 3.63) is 58.9 Å². The van der Waals surface area contributed by atoms with Crippen LogP contribution >= 0.6 is 0 Å². The number of hydrogen-bond acceptors (Lipinski definition) is 5. The van der Waals surface area contributed by atoms with Crippen LogP contribution in [0, 0.1) is 19.7 Å². The fraction of sp³-hybridized carbons (Fsp3) is 0.450. The second kappa shape index (κ2) is 8.10. The summed E-state index contributed by atoms with van der Waals surface area (Å²) in [5.74, 6) is 0.0347. The first-order chi connectivity index (χ1) is 12.9. The van der Waals surface area contributed by atoms with Crippen molar-refractivity contribution in [1.29, 1.82) is 0 Å². The molecule has 0 bridgehead atoms. The van der Waals surface area contributed by atoms with Crippen molar-refractivity contribution in [1.82, 2.24) is 20.2 Å². The zero-order valence-corrected chi connectivity index (χ0v) is 15.7. The van der Waals surface area contributed by atoms with Gasteiger partial charge in [0.15, 0.2) is 5.60 Å². The highest BCUT2D eigenvalue weighted by atomic mass is 19.1. The molecule has 0 radical (unpaired) electrons. The van der Waals surface area contributed by atoms with Crippen molar-refractivity contribution >= 4 is 5.91 Å². The smallest absolute Gasteiger partial charge is 0.256 e. The van der Waals surface area contributed by atoms with E-state index in [-0.39, 0.29) is 18.3 Å². The average molecular weight is 372 g/mol. The summed E-state index contributed by atoms with van der Waals surface area (Å²) in [6.07, 6.45) is 1.12. The van der Waals surface area contributed by atoms with Crippen LogP contribution in [-0.4, -0.2) is 44.6 Å². The lowest BCUT2D eigenvalue weighted by Gasteiger charge is -2.38. The average Bonchev–Trinajstić information content (AvgIpc) is 2.60. The van der Waals surface area contributed by atoms with Gasteiger partial charge in [-0.1, -0.05) is 12.1 Å². The van der Waals surface area contributed by atoms with Crippen LogP contribution in [-0.2, 0) is 17.9 Å². The van der Waals surface area contributed by atoms with E-state index < -0.39 is 5.60 Å². The molecule has 0 spiro atoms.